The van der Waals surface area contributed by atoms with Crippen molar-refractivity contribution in [3.63, 3.8) is 0 Å². The number of unbranched alkanes of at least 4 members (excludes halogenated alkanes) is 1. The zero-order chi connectivity index (χ0) is 23.8. The maximum Gasteiger partial charge on any atom is 0.411 e. The van der Waals surface area contributed by atoms with Crippen LogP contribution in [0.15, 0.2) is 78.9 Å². The summed E-state index contributed by atoms with van der Waals surface area (Å²) in [6.45, 7) is 5.43. The Kier molecular flexibility index (Phi) is 8.04. The van der Waals surface area contributed by atoms with Gasteiger partial charge in [-0.3, -0.25) is 9.80 Å². The van der Waals surface area contributed by atoms with Crippen LogP contribution in [-0.4, -0.2) is 62.5 Å². The first kappa shape index (κ1) is 23.6. The van der Waals surface area contributed by atoms with Crippen molar-refractivity contribution in [3.05, 3.63) is 78.9 Å². The zero-order valence-corrected chi connectivity index (χ0v) is 19.8. The second-order valence-electron chi connectivity index (χ2n) is 8.55. The molecule has 1 heterocycles. The lowest BCUT2D eigenvalue weighted by molar-refractivity contribution is 0.201. The van der Waals surface area contributed by atoms with E-state index < -0.39 is 6.09 Å². The first-order valence-corrected chi connectivity index (χ1v) is 11.9. The Morgan fingerprint density at radius 1 is 0.853 bits per heavy atom. The molecule has 4 rings (SSSR count). The highest BCUT2D eigenvalue weighted by Crippen LogP contribution is 2.28. The normalized spacial score (nSPS) is 14.1. The van der Waals surface area contributed by atoms with E-state index in [1.165, 1.54) is 4.90 Å². The molecule has 178 valence electrons. The number of methoxy groups -OCH3 is 1. The maximum atomic E-state index is 11.9. The second kappa shape index (κ2) is 11.6. The number of carboxylic acid groups (broad SMARTS) is 1. The number of carbonyl (C=O) groups is 1. The van der Waals surface area contributed by atoms with E-state index in [1.54, 1.807) is 7.11 Å². The van der Waals surface area contributed by atoms with Crippen molar-refractivity contribution in [2.24, 2.45) is 0 Å². The molecule has 0 spiro atoms. The van der Waals surface area contributed by atoms with E-state index in [0.717, 1.165) is 73.8 Å². The monoisotopic (exact) mass is 459 g/mol. The van der Waals surface area contributed by atoms with E-state index in [4.69, 9.17) is 4.74 Å². The van der Waals surface area contributed by atoms with E-state index >= 15 is 0 Å². The molecule has 3 aromatic rings. The minimum Gasteiger partial charge on any atom is -0.495 e. The van der Waals surface area contributed by atoms with Crippen LogP contribution in [0.1, 0.15) is 12.8 Å². The summed E-state index contributed by atoms with van der Waals surface area (Å²) in [7, 11) is 1.72. The van der Waals surface area contributed by atoms with Crippen molar-refractivity contribution >= 4 is 17.5 Å². The third kappa shape index (κ3) is 5.88. The molecule has 0 atom stereocenters. The molecule has 6 nitrogen and oxygen atoms in total. The van der Waals surface area contributed by atoms with Gasteiger partial charge in [-0.15, -0.1) is 0 Å². The molecule has 1 fully saturated rings. The molecule has 1 aliphatic rings. The van der Waals surface area contributed by atoms with Crippen LogP contribution < -0.4 is 14.5 Å². The third-order valence-electron chi connectivity index (χ3n) is 6.42. The Hall–Kier alpha value is -3.51. The van der Waals surface area contributed by atoms with Gasteiger partial charge in [0, 0.05) is 38.4 Å². The van der Waals surface area contributed by atoms with Gasteiger partial charge in [0.15, 0.2) is 0 Å². The number of piperazine rings is 1. The number of benzene rings is 3. The highest BCUT2D eigenvalue weighted by molar-refractivity contribution is 5.86. The summed E-state index contributed by atoms with van der Waals surface area (Å²) in [6, 6.07) is 26.0. The van der Waals surface area contributed by atoms with Gasteiger partial charge in [-0.1, -0.05) is 54.6 Å². The van der Waals surface area contributed by atoms with Gasteiger partial charge >= 0.3 is 6.09 Å². The molecule has 1 N–H and O–H groups in total. The number of amides is 1. The van der Waals surface area contributed by atoms with Gasteiger partial charge < -0.3 is 14.7 Å². The SMILES string of the molecule is COc1ccccc1N1CCN(CCCCN(C(=O)O)c2ccc(-c3ccccc3)cc2)CC1. The first-order chi connectivity index (χ1) is 16.7. The fourth-order valence-electron chi connectivity index (χ4n) is 4.51. The van der Waals surface area contributed by atoms with Crippen LogP contribution in [0.5, 0.6) is 5.75 Å². The van der Waals surface area contributed by atoms with Crippen LogP contribution in [0, 0.1) is 0 Å². The van der Waals surface area contributed by atoms with Crippen LogP contribution in [0.3, 0.4) is 0 Å². The second-order valence-corrected chi connectivity index (χ2v) is 8.55. The van der Waals surface area contributed by atoms with Crippen molar-refractivity contribution in [3.8, 4) is 16.9 Å². The van der Waals surface area contributed by atoms with Crippen molar-refractivity contribution < 1.29 is 14.6 Å². The van der Waals surface area contributed by atoms with E-state index in [2.05, 4.69) is 28.0 Å². The summed E-state index contributed by atoms with van der Waals surface area (Å²) >= 11 is 0. The molecule has 0 unspecified atom stereocenters. The average molecular weight is 460 g/mol. The molecule has 0 aliphatic carbocycles. The smallest absolute Gasteiger partial charge is 0.411 e. The number of para-hydroxylation sites is 2. The van der Waals surface area contributed by atoms with E-state index in [1.807, 2.05) is 60.7 Å². The molecule has 1 aliphatic heterocycles. The Balaban J connectivity index is 1.24. The average Bonchev–Trinajstić information content (AvgIpc) is 2.89. The van der Waals surface area contributed by atoms with Gasteiger partial charge in [0.25, 0.3) is 0 Å². The summed E-state index contributed by atoms with van der Waals surface area (Å²) in [6.07, 6.45) is 0.901. The fraction of sp³-hybridized carbons (Fsp3) is 0.321. The lowest BCUT2D eigenvalue weighted by Gasteiger charge is -2.36. The van der Waals surface area contributed by atoms with E-state index in [-0.39, 0.29) is 0 Å². The van der Waals surface area contributed by atoms with Crippen LogP contribution in [0.25, 0.3) is 11.1 Å². The van der Waals surface area contributed by atoms with Crippen molar-refractivity contribution in [2.45, 2.75) is 12.8 Å². The fourth-order valence-corrected chi connectivity index (χ4v) is 4.51. The Morgan fingerprint density at radius 2 is 1.50 bits per heavy atom. The van der Waals surface area contributed by atoms with Crippen LogP contribution in [-0.2, 0) is 0 Å². The summed E-state index contributed by atoms with van der Waals surface area (Å²) in [5.74, 6) is 0.918. The Morgan fingerprint density at radius 3 is 2.18 bits per heavy atom. The first-order valence-electron chi connectivity index (χ1n) is 11.9. The van der Waals surface area contributed by atoms with Crippen LogP contribution in [0.2, 0.25) is 0 Å². The zero-order valence-electron chi connectivity index (χ0n) is 19.8. The lowest BCUT2D eigenvalue weighted by Crippen LogP contribution is -2.46. The summed E-state index contributed by atoms with van der Waals surface area (Å²) in [5, 5.41) is 9.74. The Bertz CT molecular complexity index is 1050. The molecular formula is C28H33N3O3. The molecule has 0 bridgehead atoms. The molecule has 3 aromatic carbocycles. The van der Waals surface area contributed by atoms with Gasteiger partial charge in [-0.05, 0) is 54.8 Å². The third-order valence-corrected chi connectivity index (χ3v) is 6.42. The van der Waals surface area contributed by atoms with Gasteiger partial charge in [0.2, 0.25) is 0 Å². The minimum absolute atomic E-state index is 0.501. The van der Waals surface area contributed by atoms with Crippen LogP contribution in [0.4, 0.5) is 16.2 Å². The number of ether oxygens (including phenoxy) is 1. The lowest BCUT2D eigenvalue weighted by atomic mass is 10.1. The number of hydrogen-bond donors (Lipinski definition) is 1. The number of rotatable bonds is 9. The van der Waals surface area contributed by atoms with E-state index in [9.17, 15) is 9.90 Å². The number of hydrogen-bond acceptors (Lipinski definition) is 4. The van der Waals surface area contributed by atoms with Crippen LogP contribution >= 0.6 is 0 Å². The highest BCUT2D eigenvalue weighted by Gasteiger charge is 2.20. The molecular weight excluding hydrogens is 426 g/mol. The Labute approximate surface area is 202 Å². The molecule has 1 saturated heterocycles. The van der Waals surface area contributed by atoms with Crippen molar-refractivity contribution in [1.82, 2.24) is 4.90 Å². The quantitative estimate of drug-likeness (QED) is 0.431. The largest absolute Gasteiger partial charge is 0.495 e. The maximum absolute atomic E-state index is 11.9. The minimum atomic E-state index is -0.905. The number of nitrogens with zero attached hydrogens (tertiary/aromatic N) is 3. The highest BCUT2D eigenvalue weighted by atomic mass is 16.5. The summed E-state index contributed by atoms with van der Waals surface area (Å²) in [4.78, 5) is 18.2. The molecule has 0 aromatic heterocycles. The van der Waals surface area contributed by atoms with Gasteiger partial charge in [-0.2, -0.15) is 0 Å². The van der Waals surface area contributed by atoms with Gasteiger partial charge in [0.05, 0.1) is 12.8 Å². The van der Waals surface area contributed by atoms with Gasteiger partial charge in [0.1, 0.15) is 5.75 Å². The molecule has 1 amide bonds. The van der Waals surface area contributed by atoms with Crippen molar-refractivity contribution in [1.29, 1.82) is 0 Å². The van der Waals surface area contributed by atoms with Gasteiger partial charge in [-0.25, -0.2) is 4.79 Å². The molecule has 0 radical (unpaired) electrons. The molecule has 34 heavy (non-hydrogen) atoms. The molecule has 0 saturated carbocycles. The predicted octanol–water partition coefficient (Wildman–Crippen LogP) is 5.45. The summed E-state index contributed by atoms with van der Waals surface area (Å²) < 4.78 is 5.50. The number of anilines is 2. The van der Waals surface area contributed by atoms with Crippen molar-refractivity contribution in [2.75, 3.05) is 56.2 Å². The molecule has 6 heteroatoms. The van der Waals surface area contributed by atoms with E-state index in [0.29, 0.717) is 6.54 Å². The topological polar surface area (TPSA) is 56.2 Å². The standard InChI is InChI=1S/C28H33N3O3/c1-34-27-12-6-5-11-26(27)30-21-19-29(20-22-30)17-7-8-18-31(28(32)33)25-15-13-24(14-16-25)23-9-3-2-4-10-23/h2-6,9-16H,7-8,17-22H2,1H3,(H,32,33). The predicted molar refractivity (Wildman–Crippen MR) is 138 cm³/mol. The summed E-state index contributed by atoms with van der Waals surface area (Å²) in [5.41, 5.74) is 4.08.